The van der Waals surface area contributed by atoms with E-state index in [1.54, 1.807) is 48.5 Å². The van der Waals surface area contributed by atoms with Gasteiger partial charge in [-0.2, -0.15) is 0 Å². The monoisotopic (exact) mass is 362 g/mol. The number of anilines is 2. The van der Waals surface area contributed by atoms with E-state index in [2.05, 4.69) is 0 Å². The van der Waals surface area contributed by atoms with Crippen LogP contribution in [0.5, 0.6) is 11.5 Å². The first-order chi connectivity index (χ1) is 13.0. The van der Waals surface area contributed by atoms with Crippen molar-refractivity contribution in [3.63, 3.8) is 0 Å². The fourth-order valence-corrected chi connectivity index (χ4v) is 2.72. The summed E-state index contributed by atoms with van der Waals surface area (Å²) in [6.07, 6.45) is 0. The first-order valence-electron chi connectivity index (χ1n) is 8.16. The molecule has 27 heavy (non-hydrogen) atoms. The maximum absolute atomic E-state index is 13.1. The Hall–Kier alpha value is -3.80. The number of hydrogen-bond acceptors (Lipinski definition) is 5. The van der Waals surface area contributed by atoms with Gasteiger partial charge in [0.05, 0.1) is 11.1 Å². The van der Waals surface area contributed by atoms with E-state index in [0.717, 1.165) is 0 Å². The molecule has 0 radical (unpaired) electrons. The molecule has 0 aliphatic rings. The molecule has 5 nitrogen and oxygen atoms in total. The molecule has 0 spiro atoms. The van der Waals surface area contributed by atoms with Gasteiger partial charge in [-0.15, -0.1) is 0 Å². The molecule has 0 saturated carbocycles. The fourth-order valence-electron chi connectivity index (χ4n) is 2.72. The van der Waals surface area contributed by atoms with Gasteiger partial charge >= 0.3 is 0 Å². The lowest BCUT2D eigenvalue weighted by Crippen LogP contribution is -2.00. The second kappa shape index (κ2) is 6.49. The van der Waals surface area contributed by atoms with Crippen LogP contribution in [0.4, 0.5) is 15.8 Å². The van der Waals surface area contributed by atoms with Crippen molar-refractivity contribution in [1.29, 1.82) is 0 Å². The van der Waals surface area contributed by atoms with Crippen molar-refractivity contribution in [3.05, 3.63) is 82.8 Å². The van der Waals surface area contributed by atoms with Gasteiger partial charge in [0.15, 0.2) is 11.2 Å². The highest BCUT2D eigenvalue weighted by molar-refractivity contribution is 5.80. The summed E-state index contributed by atoms with van der Waals surface area (Å²) in [7, 11) is 0. The zero-order valence-corrected chi connectivity index (χ0v) is 14.1. The molecule has 0 saturated heterocycles. The molecule has 4 N–H and O–H groups in total. The van der Waals surface area contributed by atoms with Gasteiger partial charge in [0.25, 0.3) is 0 Å². The van der Waals surface area contributed by atoms with E-state index in [9.17, 15) is 9.18 Å². The van der Waals surface area contributed by atoms with Crippen LogP contribution in [0, 0.1) is 5.82 Å². The Morgan fingerprint density at radius 1 is 0.889 bits per heavy atom. The number of rotatable bonds is 3. The number of halogens is 1. The van der Waals surface area contributed by atoms with Crippen LogP contribution in [0.15, 0.2) is 75.9 Å². The van der Waals surface area contributed by atoms with E-state index >= 15 is 0 Å². The van der Waals surface area contributed by atoms with E-state index in [-0.39, 0.29) is 11.2 Å². The van der Waals surface area contributed by atoms with Crippen LogP contribution >= 0.6 is 0 Å². The number of nitrogen functional groups attached to an aromatic ring is 2. The molecule has 0 unspecified atom stereocenters. The van der Waals surface area contributed by atoms with E-state index < -0.39 is 0 Å². The zero-order chi connectivity index (χ0) is 19.0. The molecule has 1 heterocycles. The highest BCUT2D eigenvalue weighted by Crippen LogP contribution is 2.31. The normalized spacial score (nSPS) is 10.9. The lowest BCUT2D eigenvalue weighted by Gasteiger charge is -2.10. The molecule has 0 aliphatic heterocycles. The summed E-state index contributed by atoms with van der Waals surface area (Å²) in [4.78, 5) is 12.4. The lowest BCUT2D eigenvalue weighted by atomic mass is 10.1. The summed E-state index contributed by atoms with van der Waals surface area (Å²) >= 11 is 0. The van der Waals surface area contributed by atoms with Crippen LogP contribution in [0.1, 0.15) is 0 Å². The van der Waals surface area contributed by atoms with Crippen LogP contribution in [-0.2, 0) is 0 Å². The van der Waals surface area contributed by atoms with Crippen molar-refractivity contribution in [2.75, 3.05) is 11.5 Å². The Bertz CT molecular complexity index is 1200. The predicted octanol–water partition coefficient (Wildman–Crippen LogP) is 4.56. The Kier molecular flexibility index (Phi) is 4.01. The largest absolute Gasteiger partial charge is 0.456 e. The first-order valence-corrected chi connectivity index (χ1v) is 8.16. The number of fused-ring (bicyclic) bond motifs is 1. The summed E-state index contributed by atoms with van der Waals surface area (Å²) in [6, 6.07) is 16.9. The summed E-state index contributed by atoms with van der Waals surface area (Å²) in [5.41, 5.74) is 13.4. The van der Waals surface area contributed by atoms with Gasteiger partial charge in [-0.1, -0.05) is 0 Å². The van der Waals surface area contributed by atoms with Crippen molar-refractivity contribution in [1.82, 2.24) is 0 Å². The highest BCUT2D eigenvalue weighted by atomic mass is 19.1. The minimum atomic E-state index is -0.364. The van der Waals surface area contributed by atoms with Crippen molar-refractivity contribution in [3.8, 4) is 22.8 Å². The number of ether oxygens (including phenoxy) is 1. The molecule has 6 heteroatoms. The summed E-state index contributed by atoms with van der Waals surface area (Å²) in [5, 5.41) is 0.411. The Balaban J connectivity index is 1.77. The summed E-state index contributed by atoms with van der Waals surface area (Å²) in [5.74, 6) is 0.830. The SMILES string of the molecule is Nc1ccc(N)c(Oc2ccc3c(=O)cc(-c4ccc(F)cc4)oc3c2)c1. The van der Waals surface area contributed by atoms with Gasteiger partial charge in [-0.25, -0.2) is 4.39 Å². The van der Waals surface area contributed by atoms with Crippen molar-refractivity contribution < 1.29 is 13.5 Å². The molecule has 1 aromatic heterocycles. The second-order valence-electron chi connectivity index (χ2n) is 6.04. The fraction of sp³-hybridized carbons (Fsp3) is 0. The van der Waals surface area contributed by atoms with Crippen LogP contribution in [0.25, 0.3) is 22.3 Å². The molecule has 3 aromatic carbocycles. The van der Waals surface area contributed by atoms with E-state index in [0.29, 0.717) is 45.2 Å². The standard InChI is InChI=1S/C21H15FN2O3/c22-13-3-1-12(2-4-13)19-11-18(25)16-7-6-15(10-20(16)27-19)26-21-9-14(23)5-8-17(21)24/h1-11H,23-24H2. The molecular weight excluding hydrogens is 347 g/mol. The third kappa shape index (κ3) is 3.32. The third-order valence-electron chi connectivity index (χ3n) is 4.09. The first kappa shape index (κ1) is 16.7. The lowest BCUT2D eigenvalue weighted by molar-refractivity contribution is 0.484. The average molecular weight is 362 g/mol. The van der Waals surface area contributed by atoms with E-state index in [1.807, 2.05) is 0 Å². The van der Waals surface area contributed by atoms with Gasteiger partial charge in [-0.05, 0) is 48.5 Å². The summed E-state index contributed by atoms with van der Waals surface area (Å²) in [6.45, 7) is 0. The van der Waals surface area contributed by atoms with Gasteiger partial charge in [0, 0.05) is 29.4 Å². The van der Waals surface area contributed by atoms with Gasteiger partial charge < -0.3 is 20.6 Å². The molecule has 0 amide bonds. The van der Waals surface area contributed by atoms with Crippen LogP contribution in [0.2, 0.25) is 0 Å². The number of benzene rings is 3. The molecule has 134 valence electrons. The smallest absolute Gasteiger partial charge is 0.193 e. The van der Waals surface area contributed by atoms with Crippen LogP contribution < -0.4 is 21.6 Å². The molecule has 0 fully saturated rings. The predicted molar refractivity (Wildman–Crippen MR) is 103 cm³/mol. The third-order valence-corrected chi connectivity index (χ3v) is 4.09. The molecule has 0 bridgehead atoms. The van der Waals surface area contributed by atoms with Crippen LogP contribution in [0.3, 0.4) is 0 Å². The topological polar surface area (TPSA) is 91.5 Å². The summed E-state index contributed by atoms with van der Waals surface area (Å²) < 4.78 is 24.8. The Labute approximate surface area is 153 Å². The minimum Gasteiger partial charge on any atom is -0.456 e. The zero-order valence-electron chi connectivity index (χ0n) is 14.1. The van der Waals surface area contributed by atoms with E-state index in [4.69, 9.17) is 20.6 Å². The Morgan fingerprint density at radius 2 is 1.67 bits per heavy atom. The van der Waals surface area contributed by atoms with Crippen LogP contribution in [-0.4, -0.2) is 0 Å². The van der Waals surface area contributed by atoms with Gasteiger partial charge in [-0.3, -0.25) is 4.79 Å². The van der Waals surface area contributed by atoms with Crippen molar-refractivity contribution >= 4 is 22.3 Å². The highest BCUT2D eigenvalue weighted by Gasteiger charge is 2.10. The number of nitrogens with two attached hydrogens (primary N) is 2. The molecule has 4 rings (SSSR count). The molecular formula is C21H15FN2O3. The maximum atomic E-state index is 13.1. The van der Waals surface area contributed by atoms with E-state index in [1.165, 1.54) is 18.2 Å². The molecule has 0 aliphatic carbocycles. The quantitative estimate of drug-likeness (QED) is 0.522. The van der Waals surface area contributed by atoms with Crippen molar-refractivity contribution in [2.45, 2.75) is 0 Å². The van der Waals surface area contributed by atoms with Crippen molar-refractivity contribution in [2.24, 2.45) is 0 Å². The minimum absolute atomic E-state index is 0.203. The van der Waals surface area contributed by atoms with Gasteiger partial charge in [0.1, 0.15) is 22.9 Å². The van der Waals surface area contributed by atoms with Gasteiger partial charge in [0.2, 0.25) is 0 Å². The number of hydrogen-bond donors (Lipinski definition) is 2. The molecule has 0 atom stereocenters. The molecule has 4 aromatic rings. The Morgan fingerprint density at radius 3 is 2.44 bits per heavy atom. The maximum Gasteiger partial charge on any atom is 0.193 e. The second-order valence-corrected chi connectivity index (χ2v) is 6.04. The average Bonchev–Trinajstić information content (AvgIpc) is 2.65.